The maximum absolute atomic E-state index is 12.6. The van der Waals surface area contributed by atoms with Gasteiger partial charge < -0.3 is 14.2 Å². The largest absolute Gasteiger partial charge is 0.462 e. The number of hydrogen-bond donors (Lipinski definition) is 0. The second-order valence-electron chi connectivity index (χ2n) is 12.9. The molecule has 0 aromatic carbocycles. The Morgan fingerprint density at radius 2 is 0.882 bits per heavy atom. The van der Waals surface area contributed by atoms with Crippen molar-refractivity contribution in [1.29, 1.82) is 0 Å². The van der Waals surface area contributed by atoms with Crippen molar-refractivity contribution in [1.82, 2.24) is 0 Å². The second kappa shape index (κ2) is 39.4. The number of esters is 3. The van der Waals surface area contributed by atoms with Crippen molar-refractivity contribution in [2.45, 2.75) is 168 Å². The summed E-state index contributed by atoms with van der Waals surface area (Å²) >= 11 is 0. The maximum atomic E-state index is 12.6. The van der Waals surface area contributed by atoms with E-state index in [9.17, 15) is 14.4 Å². The van der Waals surface area contributed by atoms with E-state index in [0.29, 0.717) is 19.3 Å². The fraction of sp³-hybridized carbons (Fsp3) is 0.622. The molecule has 0 spiro atoms. The molecule has 0 heterocycles. The number of hydrogen-bond acceptors (Lipinski definition) is 6. The van der Waals surface area contributed by atoms with Crippen molar-refractivity contribution in [2.24, 2.45) is 0 Å². The molecule has 0 N–H and O–H groups in total. The zero-order chi connectivity index (χ0) is 37.3. The van der Waals surface area contributed by atoms with Crippen LogP contribution in [0.15, 0.2) is 85.1 Å². The van der Waals surface area contributed by atoms with E-state index in [-0.39, 0.29) is 37.5 Å². The quantitative estimate of drug-likeness (QED) is 0.0218. The summed E-state index contributed by atoms with van der Waals surface area (Å²) < 4.78 is 16.5. The minimum Gasteiger partial charge on any atom is -0.462 e. The van der Waals surface area contributed by atoms with E-state index in [1.54, 1.807) is 0 Å². The van der Waals surface area contributed by atoms with Crippen LogP contribution in [0.2, 0.25) is 0 Å². The summed E-state index contributed by atoms with van der Waals surface area (Å²) in [6.07, 6.45) is 48.7. The van der Waals surface area contributed by atoms with Gasteiger partial charge in [-0.3, -0.25) is 14.4 Å². The number of rotatable bonds is 34. The highest BCUT2D eigenvalue weighted by molar-refractivity contribution is 5.71. The molecule has 51 heavy (non-hydrogen) atoms. The van der Waals surface area contributed by atoms with Gasteiger partial charge in [-0.1, -0.05) is 164 Å². The number of carbonyl (C=O) groups is 3. The first-order valence-corrected chi connectivity index (χ1v) is 20.1. The molecule has 0 bridgehead atoms. The minimum atomic E-state index is -0.813. The predicted octanol–water partition coefficient (Wildman–Crippen LogP) is 12.5. The molecule has 0 saturated heterocycles. The Morgan fingerprint density at radius 1 is 0.431 bits per heavy atom. The van der Waals surface area contributed by atoms with Crippen LogP contribution in [0.5, 0.6) is 0 Å². The Bertz CT molecular complexity index is 1040. The van der Waals surface area contributed by atoms with Gasteiger partial charge in [0.1, 0.15) is 13.2 Å². The smallest absolute Gasteiger partial charge is 0.306 e. The minimum absolute atomic E-state index is 0.110. The summed E-state index contributed by atoms with van der Waals surface area (Å²) in [5.74, 6) is -1.02. The fourth-order valence-electron chi connectivity index (χ4n) is 5.00. The summed E-state index contributed by atoms with van der Waals surface area (Å²) in [6, 6.07) is 0. The molecular formula is C45H72O6. The van der Waals surface area contributed by atoms with Gasteiger partial charge in [0.15, 0.2) is 6.10 Å². The van der Waals surface area contributed by atoms with E-state index in [1.807, 2.05) is 36.5 Å². The third kappa shape index (κ3) is 37.7. The molecule has 288 valence electrons. The van der Waals surface area contributed by atoms with Gasteiger partial charge in [0, 0.05) is 19.3 Å². The van der Waals surface area contributed by atoms with Crippen molar-refractivity contribution in [2.75, 3.05) is 13.2 Å². The summed E-state index contributed by atoms with van der Waals surface area (Å²) in [4.78, 5) is 37.5. The molecule has 0 aromatic rings. The van der Waals surface area contributed by atoms with E-state index in [2.05, 4.69) is 69.4 Å². The molecule has 0 aromatic heterocycles. The molecule has 0 saturated carbocycles. The van der Waals surface area contributed by atoms with Crippen molar-refractivity contribution in [3.63, 3.8) is 0 Å². The molecule has 1 unspecified atom stereocenters. The number of allylic oxidation sites excluding steroid dienone is 14. The maximum Gasteiger partial charge on any atom is 0.306 e. The molecule has 0 rings (SSSR count). The Hall–Kier alpha value is -3.41. The lowest BCUT2D eigenvalue weighted by Crippen LogP contribution is -2.30. The van der Waals surface area contributed by atoms with Crippen LogP contribution in [0.3, 0.4) is 0 Å². The molecule has 0 aliphatic carbocycles. The first-order chi connectivity index (χ1) is 25.0. The molecule has 0 amide bonds. The Labute approximate surface area is 312 Å². The highest BCUT2D eigenvalue weighted by atomic mass is 16.6. The molecule has 0 fully saturated rings. The monoisotopic (exact) mass is 709 g/mol. The predicted molar refractivity (Wildman–Crippen MR) is 214 cm³/mol. The third-order valence-electron chi connectivity index (χ3n) is 7.99. The van der Waals surface area contributed by atoms with E-state index < -0.39 is 6.10 Å². The van der Waals surface area contributed by atoms with Crippen molar-refractivity contribution in [3.8, 4) is 0 Å². The Balaban J connectivity index is 4.54. The van der Waals surface area contributed by atoms with Crippen LogP contribution in [0, 0.1) is 0 Å². The highest BCUT2D eigenvalue weighted by Gasteiger charge is 2.19. The molecule has 6 heteroatoms. The molecule has 0 aliphatic rings. The van der Waals surface area contributed by atoms with Gasteiger partial charge in [-0.05, 0) is 64.2 Å². The summed E-state index contributed by atoms with van der Waals surface area (Å²) in [5.41, 5.74) is 0. The van der Waals surface area contributed by atoms with E-state index in [4.69, 9.17) is 14.2 Å². The van der Waals surface area contributed by atoms with Crippen LogP contribution in [0.25, 0.3) is 0 Å². The normalized spacial score (nSPS) is 12.9. The molecular weight excluding hydrogens is 636 g/mol. The lowest BCUT2D eigenvalue weighted by atomic mass is 10.1. The zero-order valence-corrected chi connectivity index (χ0v) is 32.6. The van der Waals surface area contributed by atoms with Crippen molar-refractivity contribution >= 4 is 17.9 Å². The van der Waals surface area contributed by atoms with Crippen LogP contribution in [-0.2, 0) is 28.6 Å². The standard InChI is InChI=1S/C45H72O6/c1-4-7-10-13-16-19-21-22-24-26-29-32-35-38-44(47)50-41-42(40-49-43(46)37-34-31-28-25-18-15-12-9-6-3)51-45(48)39-36-33-30-27-23-20-17-14-11-8-5-2/h7-8,10-11,13,16-17,19-22,24,27,30,42H,4-6,9,12,14-15,18,23,25-26,28-29,31-41H2,1-3H3/b10-7-,11-8-,16-13-,20-17-,21-19-,24-22-,30-27-. The van der Waals surface area contributed by atoms with Crippen LogP contribution < -0.4 is 0 Å². The summed E-state index contributed by atoms with van der Waals surface area (Å²) in [6.45, 7) is 6.23. The van der Waals surface area contributed by atoms with Crippen molar-refractivity contribution < 1.29 is 28.6 Å². The van der Waals surface area contributed by atoms with Gasteiger partial charge in [0.05, 0.1) is 0 Å². The number of carbonyl (C=O) groups excluding carboxylic acids is 3. The lowest BCUT2D eigenvalue weighted by molar-refractivity contribution is -0.167. The molecule has 1 atom stereocenters. The van der Waals surface area contributed by atoms with Crippen LogP contribution in [0.4, 0.5) is 0 Å². The second-order valence-corrected chi connectivity index (χ2v) is 12.9. The van der Waals surface area contributed by atoms with Crippen LogP contribution >= 0.6 is 0 Å². The zero-order valence-electron chi connectivity index (χ0n) is 32.6. The molecule has 0 aliphatic heterocycles. The van der Waals surface area contributed by atoms with Gasteiger partial charge in [0.25, 0.3) is 0 Å². The average molecular weight is 709 g/mol. The van der Waals surface area contributed by atoms with E-state index >= 15 is 0 Å². The lowest BCUT2D eigenvalue weighted by Gasteiger charge is -2.18. The van der Waals surface area contributed by atoms with E-state index in [0.717, 1.165) is 77.0 Å². The Morgan fingerprint density at radius 3 is 1.47 bits per heavy atom. The Kier molecular flexibility index (Phi) is 36.7. The first kappa shape index (κ1) is 47.6. The number of ether oxygens (including phenoxy) is 3. The third-order valence-corrected chi connectivity index (χ3v) is 7.99. The highest BCUT2D eigenvalue weighted by Crippen LogP contribution is 2.12. The number of unbranched alkanes of at least 4 members (excludes halogenated alkanes) is 12. The summed E-state index contributed by atoms with van der Waals surface area (Å²) in [7, 11) is 0. The topological polar surface area (TPSA) is 78.9 Å². The molecule has 6 nitrogen and oxygen atoms in total. The van der Waals surface area contributed by atoms with Crippen molar-refractivity contribution in [3.05, 3.63) is 85.1 Å². The van der Waals surface area contributed by atoms with E-state index in [1.165, 1.54) is 38.5 Å². The van der Waals surface area contributed by atoms with Crippen LogP contribution in [-0.4, -0.2) is 37.2 Å². The van der Waals surface area contributed by atoms with Gasteiger partial charge in [-0.2, -0.15) is 0 Å². The van der Waals surface area contributed by atoms with Gasteiger partial charge in [-0.25, -0.2) is 0 Å². The molecule has 0 radical (unpaired) electrons. The van der Waals surface area contributed by atoms with Gasteiger partial charge in [0.2, 0.25) is 0 Å². The summed E-state index contributed by atoms with van der Waals surface area (Å²) in [5, 5.41) is 0. The fourth-order valence-corrected chi connectivity index (χ4v) is 5.00. The SMILES string of the molecule is CC\C=C/C=C\C=C/C=C\CCCCCC(=O)OCC(COC(=O)CCCCCCCCCCC)OC(=O)CCC/C=C\C/C=C\C/C=C\CC. The first-order valence-electron chi connectivity index (χ1n) is 20.1. The van der Waals surface area contributed by atoms with Gasteiger partial charge >= 0.3 is 17.9 Å². The van der Waals surface area contributed by atoms with Crippen LogP contribution in [0.1, 0.15) is 162 Å². The average Bonchev–Trinajstić information content (AvgIpc) is 3.12. The van der Waals surface area contributed by atoms with Gasteiger partial charge in [-0.15, -0.1) is 0 Å².